The fourth-order valence-corrected chi connectivity index (χ4v) is 2.70. The molecular formula is C17H24N2O3. The molecule has 22 heavy (non-hydrogen) atoms. The van der Waals surface area contributed by atoms with Crippen LogP contribution in [0.2, 0.25) is 0 Å². The zero-order valence-electron chi connectivity index (χ0n) is 12.8. The molecule has 2 amide bonds. The molecule has 1 saturated carbocycles. The first-order valence-electron chi connectivity index (χ1n) is 7.97. The molecule has 5 nitrogen and oxygen atoms in total. The number of aliphatic hydroxyl groups is 1. The number of amides is 2. The largest absolute Gasteiger partial charge is 0.391 e. The molecule has 120 valence electrons. The highest BCUT2D eigenvalue weighted by Gasteiger charge is 2.24. The normalized spacial score (nSPS) is 21.1. The van der Waals surface area contributed by atoms with Crippen LogP contribution >= 0.6 is 0 Å². The van der Waals surface area contributed by atoms with Gasteiger partial charge in [-0.05, 0) is 31.4 Å². The lowest BCUT2D eigenvalue weighted by molar-refractivity contribution is -0.123. The van der Waals surface area contributed by atoms with Gasteiger partial charge in [0.1, 0.15) is 0 Å². The van der Waals surface area contributed by atoms with Crippen molar-refractivity contribution < 1.29 is 14.7 Å². The minimum absolute atomic E-state index is 0.0556. The molecule has 0 radical (unpaired) electrons. The molecule has 0 aliphatic heterocycles. The van der Waals surface area contributed by atoms with Crippen LogP contribution in [0.25, 0.3) is 0 Å². The Hall–Kier alpha value is -1.88. The Bertz CT molecular complexity index is 490. The summed E-state index contributed by atoms with van der Waals surface area (Å²) < 4.78 is 0. The van der Waals surface area contributed by atoms with Crippen molar-refractivity contribution in [2.75, 3.05) is 6.54 Å². The molecule has 0 saturated heterocycles. The maximum atomic E-state index is 11.8. The predicted octanol–water partition coefficient (Wildman–Crippen LogP) is 1.62. The van der Waals surface area contributed by atoms with Crippen LogP contribution in [0.5, 0.6) is 0 Å². The van der Waals surface area contributed by atoms with Crippen LogP contribution in [-0.2, 0) is 4.79 Å². The van der Waals surface area contributed by atoms with Gasteiger partial charge in [0.15, 0.2) is 0 Å². The van der Waals surface area contributed by atoms with E-state index < -0.39 is 6.10 Å². The van der Waals surface area contributed by atoms with E-state index in [1.165, 1.54) is 0 Å². The molecule has 2 rings (SSSR count). The van der Waals surface area contributed by atoms with Gasteiger partial charge in [0, 0.05) is 18.5 Å². The summed E-state index contributed by atoms with van der Waals surface area (Å²) in [5, 5.41) is 15.5. The third-order valence-electron chi connectivity index (χ3n) is 3.98. The zero-order chi connectivity index (χ0) is 15.8. The molecule has 1 aliphatic carbocycles. The van der Waals surface area contributed by atoms with Crippen molar-refractivity contribution in [1.29, 1.82) is 0 Å². The summed E-state index contributed by atoms with van der Waals surface area (Å²) in [5.74, 6) is -0.177. The van der Waals surface area contributed by atoms with Crippen LogP contribution in [0.4, 0.5) is 0 Å². The van der Waals surface area contributed by atoms with E-state index in [9.17, 15) is 14.7 Å². The van der Waals surface area contributed by atoms with E-state index in [0.29, 0.717) is 24.9 Å². The van der Waals surface area contributed by atoms with Gasteiger partial charge in [-0.25, -0.2) is 0 Å². The second kappa shape index (κ2) is 8.54. The molecule has 1 aliphatic rings. The Morgan fingerprint density at radius 1 is 1.14 bits per heavy atom. The monoisotopic (exact) mass is 304 g/mol. The third kappa shape index (κ3) is 5.15. The van der Waals surface area contributed by atoms with Gasteiger partial charge in [-0.1, -0.05) is 31.0 Å². The second-order valence-corrected chi connectivity index (χ2v) is 5.75. The van der Waals surface area contributed by atoms with Crippen molar-refractivity contribution >= 4 is 11.8 Å². The van der Waals surface area contributed by atoms with Gasteiger partial charge in [-0.15, -0.1) is 0 Å². The molecule has 3 N–H and O–H groups in total. The highest BCUT2D eigenvalue weighted by Crippen LogP contribution is 2.18. The van der Waals surface area contributed by atoms with E-state index in [0.717, 1.165) is 25.7 Å². The lowest BCUT2D eigenvalue weighted by atomic mass is 9.92. The predicted molar refractivity (Wildman–Crippen MR) is 84.4 cm³/mol. The summed E-state index contributed by atoms with van der Waals surface area (Å²) in [6.45, 7) is 0.467. The summed E-state index contributed by atoms with van der Waals surface area (Å²) >= 11 is 0. The van der Waals surface area contributed by atoms with Crippen molar-refractivity contribution in [2.45, 2.75) is 50.7 Å². The molecule has 0 aromatic heterocycles. The van der Waals surface area contributed by atoms with Gasteiger partial charge in [-0.2, -0.15) is 0 Å². The molecule has 1 aromatic rings. The molecule has 2 atom stereocenters. The van der Waals surface area contributed by atoms with E-state index in [1.54, 1.807) is 12.1 Å². The van der Waals surface area contributed by atoms with E-state index in [4.69, 9.17) is 0 Å². The number of aliphatic hydroxyl groups excluding tert-OH is 1. The fraction of sp³-hybridized carbons (Fsp3) is 0.529. The van der Waals surface area contributed by atoms with Crippen LogP contribution in [0.1, 0.15) is 48.9 Å². The highest BCUT2D eigenvalue weighted by molar-refractivity contribution is 5.94. The van der Waals surface area contributed by atoms with E-state index in [1.807, 2.05) is 18.2 Å². The van der Waals surface area contributed by atoms with E-state index >= 15 is 0 Å². The second-order valence-electron chi connectivity index (χ2n) is 5.75. The standard InChI is InChI=1S/C17H24N2O3/c20-15-10-5-4-9-14(15)19-16(21)11-6-12-18-17(22)13-7-2-1-3-8-13/h1-3,7-8,14-15,20H,4-6,9-12H2,(H,18,22)(H,19,21). The van der Waals surface area contributed by atoms with Gasteiger partial charge < -0.3 is 15.7 Å². The zero-order valence-corrected chi connectivity index (χ0v) is 12.8. The van der Waals surface area contributed by atoms with Crippen molar-refractivity contribution in [3.05, 3.63) is 35.9 Å². The summed E-state index contributed by atoms with van der Waals surface area (Å²) in [6, 6.07) is 8.90. The Balaban J connectivity index is 1.62. The summed E-state index contributed by atoms with van der Waals surface area (Å²) in [5.41, 5.74) is 0.622. The first kappa shape index (κ1) is 16.5. The number of carbonyl (C=O) groups is 2. The number of hydrogen-bond donors (Lipinski definition) is 3. The van der Waals surface area contributed by atoms with Crippen LogP contribution in [0, 0.1) is 0 Å². The number of carbonyl (C=O) groups excluding carboxylic acids is 2. The summed E-state index contributed by atoms with van der Waals surface area (Å²) in [6.07, 6.45) is 4.21. The van der Waals surface area contributed by atoms with Crippen molar-refractivity contribution in [1.82, 2.24) is 10.6 Å². The van der Waals surface area contributed by atoms with Crippen LogP contribution in [0.15, 0.2) is 30.3 Å². The van der Waals surface area contributed by atoms with Crippen molar-refractivity contribution in [3.8, 4) is 0 Å². The smallest absolute Gasteiger partial charge is 0.251 e. The third-order valence-corrected chi connectivity index (χ3v) is 3.98. The minimum atomic E-state index is -0.421. The Labute approximate surface area is 131 Å². The first-order valence-corrected chi connectivity index (χ1v) is 7.97. The fourth-order valence-electron chi connectivity index (χ4n) is 2.70. The Morgan fingerprint density at radius 3 is 2.59 bits per heavy atom. The number of benzene rings is 1. The van der Waals surface area contributed by atoms with Crippen LogP contribution < -0.4 is 10.6 Å². The van der Waals surface area contributed by atoms with Crippen molar-refractivity contribution in [2.24, 2.45) is 0 Å². The van der Waals surface area contributed by atoms with Gasteiger partial charge in [0.2, 0.25) is 5.91 Å². The van der Waals surface area contributed by atoms with Gasteiger partial charge in [0.25, 0.3) is 5.91 Å². The van der Waals surface area contributed by atoms with Crippen LogP contribution in [-0.4, -0.2) is 35.6 Å². The summed E-state index contributed by atoms with van der Waals surface area (Å²) in [4.78, 5) is 23.6. The number of nitrogens with one attached hydrogen (secondary N) is 2. The van der Waals surface area contributed by atoms with E-state index in [-0.39, 0.29) is 17.9 Å². The SMILES string of the molecule is O=C(CCCNC(=O)c1ccccc1)NC1CCCCC1O. The maximum Gasteiger partial charge on any atom is 0.251 e. The van der Waals surface area contributed by atoms with Crippen LogP contribution in [0.3, 0.4) is 0 Å². The molecule has 0 bridgehead atoms. The van der Waals surface area contributed by atoms with Gasteiger partial charge >= 0.3 is 0 Å². The molecule has 5 heteroatoms. The molecule has 2 unspecified atom stereocenters. The average molecular weight is 304 g/mol. The molecule has 0 heterocycles. The number of rotatable bonds is 6. The average Bonchev–Trinajstić information content (AvgIpc) is 2.54. The highest BCUT2D eigenvalue weighted by atomic mass is 16.3. The molecule has 1 aromatic carbocycles. The van der Waals surface area contributed by atoms with E-state index in [2.05, 4.69) is 10.6 Å². The summed E-state index contributed by atoms with van der Waals surface area (Å²) in [7, 11) is 0. The molecule has 0 spiro atoms. The quantitative estimate of drug-likeness (QED) is 0.699. The number of hydrogen-bond acceptors (Lipinski definition) is 3. The van der Waals surface area contributed by atoms with Crippen molar-refractivity contribution in [3.63, 3.8) is 0 Å². The Kier molecular flexibility index (Phi) is 6.40. The molecule has 1 fully saturated rings. The first-order chi connectivity index (χ1) is 10.7. The minimum Gasteiger partial charge on any atom is -0.391 e. The van der Waals surface area contributed by atoms with Gasteiger partial charge in [0.05, 0.1) is 12.1 Å². The Morgan fingerprint density at radius 2 is 1.86 bits per heavy atom. The lowest BCUT2D eigenvalue weighted by Crippen LogP contribution is -2.45. The lowest BCUT2D eigenvalue weighted by Gasteiger charge is -2.28. The maximum absolute atomic E-state index is 11.8. The molecular weight excluding hydrogens is 280 g/mol. The van der Waals surface area contributed by atoms with Gasteiger partial charge in [-0.3, -0.25) is 9.59 Å². The topological polar surface area (TPSA) is 78.4 Å².